The van der Waals surface area contributed by atoms with Crippen LogP contribution in [0, 0.1) is 5.92 Å². The van der Waals surface area contributed by atoms with Crippen LogP contribution in [-0.2, 0) is 4.74 Å². The second kappa shape index (κ2) is 8.73. The standard InChI is InChI=1S/C24H28N4O5/c1-24(2,3)33-23(30)28-9-8-15(13-28)21(29)16-11-25-22-20(16)27-17(12-26-22)14-6-7-18(31-4)19(10-14)32-5/h6-7,10-12,15H,8-9,13H2,1-5H3,(H,25,26). The Labute approximate surface area is 192 Å². The van der Waals surface area contributed by atoms with E-state index < -0.39 is 11.7 Å². The maximum atomic E-state index is 13.3. The van der Waals surface area contributed by atoms with Crippen LogP contribution in [0.5, 0.6) is 11.5 Å². The maximum Gasteiger partial charge on any atom is 0.410 e. The molecule has 9 nitrogen and oxygen atoms in total. The third kappa shape index (κ3) is 4.62. The monoisotopic (exact) mass is 452 g/mol. The van der Waals surface area contributed by atoms with E-state index in [-0.39, 0.29) is 11.7 Å². The summed E-state index contributed by atoms with van der Waals surface area (Å²) in [4.78, 5) is 39.5. The molecule has 33 heavy (non-hydrogen) atoms. The van der Waals surface area contributed by atoms with Gasteiger partial charge < -0.3 is 24.1 Å². The fraction of sp³-hybridized carbons (Fsp3) is 0.417. The molecule has 0 saturated carbocycles. The second-order valence-corrected chi connectivity index (χ2v) is 9.00. The smallest absolute Gasteiger partial charge is 0.410 e. The Morgan fingerprint density at radius 1 is 1.15 bits per heavy atom. The largest absolute Gasteiger partial charge is 0.493 e. The van der Waals surface area contributed by atoms with Gasteiger partial charge in [-0.15, -0.1) is 0 Å². The van der Waals surface area contributed by atoms with E-state index in [1.54, 1.807) is 37.6 Å². The average Bonchev–Trinajstić information content (AvgIpc) is 3.44. The van der Waals surface area contributed by atoms with Crippen LogP contribution in [0.2, 0.25) is 0 Å². The third-order valence-corrected chi connectivity index (χ3v) is 5.54. The number of carbonyl (C=O) groups excluding carboxylic acids is 2. The third-order valence-electron chi connectivity index (χ3n) is 5.54. The summed E-state index contributed by atoms with van der Waals surface area (Å²) >= 11 is 0. The summed E-state index contributed by atoms with van der Waals surface area (Å²) in [5, 5.41) is 0. The van der Waals surface area contributed by atoms with E-state index in [0.717, 1.165) is 5.56 Å². The Balaban J connectivity index is 1.58. The number of aromatic amines is 1. The molecule has 0 bridgehead atoms. The highest BCUT2D eigenvalue weighted by Gasteiger charge is 2.35. The molecule has 3 heterocycles. The Bertz CT molecular complexity index is 1200. The van der Waals surface area contributed by atoms with Crippen LogP contribution in [0.3, 0.4) is 0 Å². The van der Waals surface area contributed by atoms with Crippen molar-refractivity contribution in [1.29, 1.82) is 0 Å². The van der Waals surface area contributed by atoms with Crippen LogP contribution in [-0.4, -0.2) is 64.6 Å². The quantitative estimate of drug-likeness (QED) is 0.581. The van der Waals surface area contributed by atoms with E-state index >= 15 is 0 Å². The Morgan fingerprint density at radius 2 is 1.91 bits per heavy atom. The molecule has 174 valence electrons. The molecule has 0 spiro atoms. The van der Waals surface area contributed by atoms with Gasteiger partial charge in [0.25, 0.3) is 0 Å². The van der Waals surface area contributed by atoms with Gasteiger partial charge in [-0.25, -0.2) is 14.8 Å². The van der Waals surface area contributed by atoms with Gasteiger partial charge in [-0.2, -0.15) is 0 Å². The molecule has 4 rings (SSSR count). The fourth-order valence-electron chi connectivity index (χ4n) is 3.90. The number of nitrogens with zero attached hydrogens (tertiary/aromatic N) is 3. The first-order valence-corrected chi connectivity index (χ1v) is 10.8. The molecule has 3 aromatic rings. The van der Waals surface area contributed by atoms with Crippen molar-refractivity contribution in [3.63, 3.8) is 0 Å². The average molecular weight is 453 g/mol. The van der Waals surface area contributed by atoms with Crippen molar-refractivity contribution >= 4 is 23.0 Å². The number of fused-ring (bicyclic) bond motifs is 1. The van der Waals surface area contributed by atoms with E-state index in [9.17, 15) is 9.59 Å². The fourth-order valence-corrected chi connectivity index (χ4v) is 3.90. The zero-order valence-electron chi connectivity index (χ0n) is 19.5. The number of methoxy groups -OCH3 is 2. The van der Waals surface area contributed by atoms with Gasteiger partial charge in [0.2, 0.25) is 0 Å². The van der Waals surface area contributed by atoms with Crippen molar-refractivity contribution in [3.05, 3.63) is 36.2 Å². The predicted molar refractivity (Wildman–Crippen MR) is 123 cm³/mol. The highest BCUT2D eigenvalue weighted by atomic mass is 16.6. The lowest BCUT2D eigenvalue weighted by Crippen LogP contribution is -2.35. The summed E-state index contributed by atoms with van der Waals surface area (Å²) in [5.74, 6) is 0.813. The predicted octanol–water partition coefficient (Wildman–Crippen LogP) is 4.08. The SMILES string of the molecule is COc1ccc(-c2cnc3[nH]cc(C(=O)C4CCN(C(=O)OC(C)(C)C)C4)c3n2)cc1OC. The van der Waals surface area contributed by atoms with Crippen LogP contribution < -0.4 is 9.47 Å². The number of ketones is 1. The number of rotatable bonds is 5. The first-order valence-electron chi connectivity index (χ1n) is 10.8. The van der Waals surface area contributed by atoms with Gasteiger partial charge in [0.05, 0.1) is 31.7 Å². The lowest BCUT2D eigenvalue weighted by Gasteiger charge is -2.24. The molecular weight excluding hydrogens is 424 g/mol. The lowest BCUT2D eigenvalue weighted by atomic mass is 9.98. The van der Waals surface area contributed by atoms with Gasteiger partial charge in [0.15, 0.2) is 22.9 Å². The number of benzene rings is 1. The molecule has 1 saturated heterocycles. The van der Waals surface area contributed by atoms with Crippen molar-refractivity contribution in [2.24, 2.45) is 5.92 Å². The van der Waals surface area contributed by atoms with E-state index in [0.29, 0.717) is 53.4 Å². The lowest BCUT2D eigenvalue weighted by molar-refractivity contribution is 0.0289. The van der Waals surface area contributed by atoms with Gasteiger partial charge in [0.1, 0.15) is 11.1 Å². The van der Waals surface area contributed by atoms with Crippen molar-refractivity contribution < 1.29 is 23.8 Å². The Kier molecular flexibility index (Phi) is 5.97. The number of amides is 1. The van der Waals surface area contributed by atoms with E-state index in [4.69, 9.17) is 19.2 Å². The van der Waals surface area contributed by atoms with Gasteiger partial charge >= 0.3 is 6.09 Å². The molecule has 2 aromatic heterocycles. The van der Waals surface area contributed by atoms with Crippen molar-refractivity contribution in [1.82, 2.24) is 19.9 Å². The number of aromatic nitrogens is 3. The zero-order valence-corrected chi connectivity index (χ0v) is 19.5. The summed E-state index contributed by atoms with van der Waals surface area (Å²) in [6, 6.07) is 5.48. The number of hydrogen-bond acceptors (Lipinski definition) is 7. The highest BCUT2D eigenvalue weighted by molar-refractivity contribution is 6.07. The van der Waals surface area contributed by atoms with Gasteiger partial charge in [-0.1, -0.05) is 0 Å². The number of likely N-dealkylation sites (tertiary alicyclic amines) is 1. The van der Waals surface area contributed by atoms with Gasteiger partial charge in [0, 0.05) is 30.8 Å². The van der Waals surface area contributed by atoms with Gasteiger partial charge in [-0.05, 0) is 45.4 Å². The van der Waals surface area contributed by atoms with Crippen LogP contribution in [0.4, 0.5) is 4.79 Å². The normalized spacial score (nSPS) is 16.2. The zero-order chi connectivity index (χ0) is 23.8. The molecule has 0 radical (unpaired) electrons. The van der Waals surface area contributed by atoms with Crippen LogP contribution in [0.25, 0.3) is 22.4 Å². The van der Waals surface area contributed by atoms with Crippen molar-refractivity contribution in [2.45, 2.75) is 32.8 Å². The van der Waals surface area contributed by atoms with E-state index in [1.165, 1.54) is 0 Å². The molecule has 9 heteroatoms. The number of H-pyrrole nitrogens is 1. The molecule has 0 aliphatic carbocycles. The molecule has 1 atom stereocenters. The first-order chi connectivity index (χ1) is 15.7. The molecule has 1 N–H and O–H groups in total. The topological polar surface area (TPSA) is 107 Å². The maximum absolute atomic E-state index is 13.3. The summed E-state index contributed by atoms with van der Waals surface area (Å²) < 4.78 is 16.1. The summed E-state index contributed by atoms with van der Waals surface area (Å²) in [5.41, 5.74) is 2.33. The molecule has 1 fully saturated rings. The van der Waals surface area contributed by atoms with Gasteiger partial charge in [-0.3, -0.25) is 4.79 Å². The minimum absolute atomic E-state index is 0.0638. The number of hydrogen-bond donors (Lipinski definition) is 1. The Hall–Kier alpha value is -3.62. The molecule has 1 aromatic carbocycles. The number of Topliss-reactive ketones (excluding diaryl/α,β-unsaturated/α-hetero) is 1. The van der Waals surface area contributed by atoms with Crippen molar-refractivity contribution in [2.75, 3.05) is 27.3 Å². The first kappa shape index (κ1) is 22.6. The minimum Gasteiger partial charge on any atom is -0.493 e. The molecule has 1 aliphatic heterocycles. The number of nitrogens with one attached hydrogen (secondary N) is 1. The van der Waals surface area contributed by atoms with E-state index in [2.05, 4.69) is 9.97 Å². The summed E-state index contributed by atoms with van der Waals surface area (Å²) in [6.45, 7) is 6.28. The molecule has 1 aliphatic rings. The molecule has 1 amide bonds. The second-order valence-electron chi connectivity index (χ2n) is 9.00. The number of carbonyl (C=O) groups is 2. The van der Waals surface area contributed by atoms with Crippen molar-refractivity contribution in [3.8, 4) is 22.8 Å². The Morgan fingerprint density at radius 3 is 2.61 bits per heavy atom. The molecular formula is C24H28N4O5. The summed E-state index contributed by atoms with van der Waals surface area (Å²) in [6.07, 6.45) is 3.47. The van der Waals surface area contributed by atoms with Crippen LogP contribution in [0.1, 0.15) is 37.6 Å². The van der Waals surface area contributed by atoms with Crippen LogP contribution >= 0.6 is 0 Å². The van der Waals surface area contributed by atoms with Crippen LogP contribution in [0.15, 0.2) is 30.6 Å². The van der Waals surface area contributed by atoms with E-state index in [1.807, 2.05) is 32.9 Å². The highest BCUT2D eigenvalue weighted by Crippen LogP contribution is 2.32. The summed E-state index contributed by atoms with van der Waals surface area (Å²) in [7, 11) is 3.15. The number of ether oxygens (including phenoxy) is 3. The molecule has 1 unspecified atom stereocenters. The minimum atomic E-state index is -0.577.